The fourth-order valence-electron chi connectivity index (χ4n) is 10.6. The molecule has 2 aliphatic carbocycles. The number of nitrogens with zero attached hydrogens (tertiary/aromatic N) is 3. The lowest BCUT2D eigenvalue weighted by Crippen LogP contribution is -2.61. The third-order valence-electron chi connectivity index (χ3n) is 14.1. The Labute approximate surface area is 322 Å². The second-order valence-electron chi connectivity index (χ2n) is 17.3. The molecule has 1 N–H and O–H groups in total. The maximum atomic E-state index is 14.1. The first-order valence-corrected chi connectivity index (χ1v) is 22.3. The molecule has 8 nitrogen and oxygen atoms in total. The Balaban J connectivity index is 1.19. The number of rotatable bonds is 3. The molecule has 2 aromatic rings. The second kappa shape index (κ2) is 14.8. The number of nitrogens with one attached hydrogen (secondary N) is 1. The molecule has 4 aliphatic heterocycles. The van der Waals surface area contributed by atoms with Crippen LogP contribution in [-0.4, -0.2) is 102 Å². The van der Waals surface area contributed by atoms with Crippen LogP contribution in [0, 0.1) is 17.8 Å². The monoisotopic (exact) mass is 762 g/mol. The highest BCUT2D eigenvalue weighted by molar-refractivity contribution is 7.99. The summed E-state index contributed by atoms with van der Waals surface area (Å²) in [5, 5.41) is 0.452. The van der Waals surface area contributed by atoms with Crippen molar-refractivity contribution in [2.75, 3.05) is 64.4 Å². The number of fused-ring (bicyclic) bond motifs is 5. The van der Waals surface area contributed by atoms with E-state index in [0.717, 1.165) is 94.3 Å². The molecule has 4 heterocycles. The molecule has 8 rings (SSSR count). The molecule has 2 bridgehead atoms. The zero-order valence-electron chi connectivity index (χ0n) is 32.0. The number of carbonyl (C=O) groups is 1. The standard InChI is InChI=1S/C43H59ClN4O4S/c1-30-9-7-19-43(51-3,28-46-21-22-47-20-6-5-11-36(47)26-46)38-15-12-34(38)25-48-27-42(18-8-10-32-23-35(44)14-16-37(32)42)29-52-40-17-13-33(24-39(40)48)41(49)45-53(4,50)31(30)2/h7,13-14,16-17,19,23-24,30-31,34,36,38H,4-6,8-12,15,18,20-22,25-29H2,1-3H3,(H,45,49,50)/b19-7+/t30-,31+,34-,36+,38+,42-,43+,53?/m0/s1. The topological polar surface area (TPSA) is 74.4 Å². The van der Waals surface area contributed by atoms with Gasteiger partial charge in [0.2, 0.25) is 0 Å². The van der Waals surface area contributed by atoms with E-state index in [1.807, 2.05) is 38.3 Å². The molecule has 1 unspecified atom stereocenters. The molecule has 3 fully saturated rings. The Morgan fingerprint density at radius 1 is 1.06 bits per heavy atom. The molecule has 1 amide bonds. The summed E-state index contributed by atoms with van der Waals surface area (Å²) < 4.78 is 30.5. The number of anilines is 1. The van der Waals surface area contributed by atoms with Crippen LogP contribution >= 0.6 is 11.6 Å². The van der Waals surface area contributed by atoms with Gasteiger partial charge in [-0.25, -0.2) is 4.21 Å². The Hall–Kier alpha value is -2.56. The van der Waals surface area contributed by atoms with Gasteiger partial charge in [0.1, 0.15) is 11.4 Å². The average Bonchev–Trinajstić information content (AvgIpc) is 3.28. The molecule has 8 atom stereocenters. The fraction of sp³-hybridized carbons (Fsp3) is 0.628. The number of piperidine rings is 1. The summed E-state index contributed by atoms with van der Waals surface area (Å²) >= 11 is 6.53. The number of amides is 1. The number of piperazine rings is 1. The minimum atomic E-state index is -2.95. The van der Waals surface area contributed by atoms with Gasteiger partial charge < -0.3 is 14.4 Å². The van der Waals surface area contributed by atoms with E-state index in [-0.39, 0.29) is 22.5 Å². The Morgan fingerprint density at radius 2 is 1.92 bits per heavy atom. The summed E-state index contributed by atoms with van der Waals surface area (Å²) in [5.74, 6) is 5.29. The zero-order valence-corrected chi connectivity index (χ0v) is 33.6. The molecule has 1 spiro atoms. The van der Waals surface area contributed by atoms with Crippen LogP contribution in [0.1, 0.15) is 86.7 Å². The molecule has 0 radical (unpaired) electrons. The van der Waals surface area contributed by atoms with Crippen molar-refractivity contribution in [3.05, 3.63) is 70.3 Å². The average molecular weight is 763 g/mol. The van der Waals surface area contributed by atoms with Crippen molar-refractivity contribution in [2.45, 2.75) is 93.9 Å². The SMILES string of the molecule is C=S1(=O)NC(=O)c2ccc3c(c2)N(C[C@@H]2CC[C@H]2[C@@](CN2CCN4CCCC[C@@H]4C2)(OC)/C=C/C[C@H](C)[C@H]1C)C[C@@]1(CCCc2cc(Cl)ccc21)CO3. The van der Waals surface area contributed by atoms with Crippen molar-refractivity contribution in [2.24, 2.45) is 17.8 Å². The predicted molar refractivity (Wildman–Crippen MR) is 217 cm³/mol. The van der Waals surface area contributed by atoms with Crippen LogP contribution in [0.3, 0.4) is 0 Å². The zero-order chi connectivity index (χ0) is 37.0. The van der Waals surface area contributed by atoms with Gasteiger partial charge in [0.05, 0.1) is 22.0 Å². The van der Waals surface area contributed by atoms with Crippen molar-refractivity contribution in [1.82, 2.24) is 14.5 Å². The smallest absolute Gasteiger partial charge is 0.262 e. The molecular weight excluding hydrogens is 704 g/mol. The summed E-state index contributed by atoms with van der Waals surface area (Å²) in [7, 11) is -1.03. The Kier molecular flexibility index (Phi) is 10.5. The first-order chi connectivity index (χ1) is 25.5. The third kappa shape index (κ3) is 7.19. The van der Waals surface area contributed by atoms with Crippen molar-refractivity contribution in [1.29, 1.82) is 0 Å². The van der Waals surface area contributed by atoms with Gasteiger partial charge in [-0.1, -0.05) is 43.2 Å². The molecule has 288 valence electrons. The summed E-state index contributed by atoms with van der Waals surface area (Å²) in [4.78, 5) is 21.7. The maximum absolute atomic E-state index is 14.1. The lowest BCUT2D eigenvalue weighted by Gasteiger charge is -2.53. The molecule has 53 heavy (non-hydrogen) atoms. The van der Waals surface area contributed by atoms with Gasteiger partial charge in [-0.05, 0) is 130 Å². The highest BCUT2D eigenvalue weighted by Gasteiger charge is 2.50. The highest BCUT2D eigenvalue weighted by Crippen LogP contribution is 2.49. The van der Waals surface area contributed by atoms with E-state index in [9.17, 15) is 9.00 Å². The van der Waals surface area contributed by atoms with Crippen molar-refractivity contribution in [3.63, 3.8) is 0 Å². The molecule has 6 aliphatic rings. The van der Waals surface area contributed by atoms with E-state index in [4.69, 9.17) is 21.1 Å². The summed E-state index contributed by atoms with van der Waals surface area (Å²) in [5.41, 5.74) is 3.38. The Morgan fingerprint density at radius 3 is 2.74 bits per heavy atom. The number of aryl methyl sites for hydroxylation is 1. The van der Waals surface area contributed by atoms with Crippen LogP contribution < -0.4 is 14.4 Å². The van der Waals surface area contributed by atoms with E-state index in [2.05, 4.69) is 56.5 Å². The molecule has 2 aromatic carbocycles. The van der Waals surface area contributed by atoms with Crippen LogP contribution in [0.15, 0.2) is 48.6 Å². The first-order valence-electron chi connectivity index (χ1n) is 20.2. The minimum Gasteiger partial charge on any atom is -0.490 e. The van der Waals surface area contributed by atoms with Crippen LogP contribution in [0.5, 0.6) is 5.75 Å². The van der Waals surface area contributed by atoms with Gasteiger partial charge in [-0.3, -0.25) is 19.3 Å². The fourth-order valence-corrected chi connectivity index (χ4v) is 12.3. The summed E-state index contributed by atoms with van der Waals surface area (Å²) in [6.45, 7) is 11.6. The maximum Gasteiger partial charge on any atom is 0.262 e. The largest absolute Gasteiger partial charge is 0.490 e. The van der Waals surface area contributed by atoms with Crippen molar-refractivity contribution < 1.29 is 18.5 Å². The van der Waals surface area contributed by atoms with E-state index < -0.39 is 15.3 Å². The van der Waals surface area contributed by atoms with Crippen LogP contribution in [0.4, 0.5) is 5.69 Å². The van der Waals surface area contributed by atoms with E-state index in [1.165, 1.54) is 36.9 Å². The van der Waals surface area contributed by atoms with Crippen LogP contribution in [-0.2, 0) is 26.3 Å². The number of benzene rings is 2. The normalized spacial score (nSPS) is 37.2. The van der Waals surface area contributed by atoms with Crippen LogP contribution in [0.25, 0.3) is 0 Å². The lowest BCUT2D eigenvalue weighted by atomic mass is 9.63. The van der Waals surface area contributed by atoms with E-state index in [1.54, 1.807) is 0 Å². The first kappa shape index (κ1) is 37.4. The van der Waals surface area contributed by atoms with Crippen LogP contribution in [0.2, 0.25) is 5.02 Å². The predicted octanol–water partition coefficient (Wildman–Crippen LogP) is 6.74. The number of carbonyl (C=O) groups excluding carboxylic acids is 1. The number of methoxy groups -OCH3 is 1. The molecule has 2 saturated heterocycles. The van der Waals surface area contributed by atoms with Crippen molar-refractivity contribution in [3.8, 4) is 5.75 Å². The molecule has 10 heteroatoms. The highest BCUT2D eigenvalue weighted by atomic mass is 35.5. The summed E-state index contributed by atoms with van der Waals surface area (Å²) in [6.07, 6.45) is 14.6. The van der Waals surface area contributed by atoms with E-state index >= 15 is 0 Å². The minimum absolute atomic E-state index is 0.0439. The molecule has 0 aromatic heterocycles. The van der Waals surface area contributed by atoms with Gasteiger partial charge >= 0.3 is 0 Å². The Bertz CT molecular complexity index is 1840. The summed E-state index contributed by atoms with van der Waals surface area (Å²) in [6, 6.07) is 12.7. The third-order valence-corrected chi connectivity index (χ3v) is 16.6. The second-order valence-corrected chi connectivity index (χ2v) is 20.1. The molecule has 1 saturated carbocycles. The van der Waals surface area contributed by atoms with Crippen molar-refractivity contribution >= 4 is 38.8 Å². The number of halogens is 1. The van der Waals surface area contributed by atoms with Gasteiger partial charge in [0, 0.05) is 73.7 Å². The number of ether oxygens (including phenoxy) is 2. The van der Waals surface area contributed by atoms with Gasteiger partial charge in [0.25, 0.3) is 5.91 Å². The molecular formula is C43H59ClN4O4S. The van der Waals surface area contributed by atoms with E-state index in [0.29, 0.717) is 30.0 Å². The number of hydrogen-bond acceptors (Lipinski definition) is 7. The van der Waals surface area contributed by atoms with Gasteiger partial charge in [-0.15, -0.1) is 0 Å². The van der Waals surface area contributed by atoms with Gasteiger partial charge in [-0.2, -0.15) is 0 Å². The lowest BCUT2D eigenvalue weighted by molar-refractivity contribution is -0.100. The van der Waals surface area contributed by atoms with Gasteiger partial charge in [0.15, 0.2) is 0 Å². The quantitative estimate of drug-likeness (QED) is 0.275. The number of allylic oxidation sites excluding steroid dienone is 1. The number of hydrogen-bond donors (Lipinski definition) is 1.